The van der Waals surface area contributed by atoms with Gasteiger partial charge in [-0.2, -0.15) is 5.10 Å². The van der Waals surface area contributed by atoms with Crippen LogP contribution in [0.1, 0.15) is 11.4 Å². The first-order valence-corrected chi connectivity index (χ1v) is 5.01. The monoisotopic (exact) mass is 227 g/mol. The van der Waals surface area contributed by atoms with Crippen LogP contribution >= 0.6 is 11.6 Å². The van der Waals surface area contributed by atoms with Gasteiger partial charge in [-0.1, -0.05) is 17.7 Å². The van der Waals surface area contributed by atoms with Crippen molar-refractivity contribution >= 4 is 17.5 Å². The molecular weight excluding hydrogens is 214 g/mol. The Labute approximate surface area is 93.9 Å². The molecule has 0 aromatic carbocycles. The van der Waals surface area contributed by atoms with E-state index in [0.717, 1.165) is 11.4 Å². The number of hydrogen-bond acceptors (Lipinski definition) is 2. The first-order valence-electron chi connectivity index (χ1n) is 4.63. The summed E-state index contributed by atoms with van der Waals surface area (Å²) in [5, 5.41) is 7.45. The Balaban J connectivity index is 2.68. The Morgan fingerprint density at radius 3 is 2.80 bits per heavy atom. The van der Waals surface area contributed by atoms with E-state index >= 15 is 0 Å². The van der Waals surface area contributed by atoms with Crippen LogP contribution in [-0.2, 0) is 11.3 Å². The molecule has 0 saturated heterocycles. The Kier molecular flexibility index (Phi) is 3.91. The van der Waals surface area contributed by atoms with Crippen LogP contribution in [0.2, 0.25) is 5.02 Å². The molecule has 1 N–H and O–H groups in total. The number of aryl methyl sites for hydroxylation is 1. The van der Waals surface area contributed by atoms with Gasteiger partial charge in [-0.3, -0.25) is 9.48 Å². The van der Waals surface area contributed by atoms with Crippen LogP contribution in [0, 0.1) is 13.8 Å². The van der Waals surface area contributed by atoms with Crippen molar-refractivity contribution in [3.63, 3.8) is 0 Å². The smallest absolute Gasteiger partial charge is 0.241 e. The largest absolute Gasteiger partial charge is 0.351 e. The molecule has 0 saturated carbocycles. The number of nitrogens with one attached hydrogen (secondary N) is 1. The van der Waals surface area contributed by atoms with Gasteiger partial charge < -0.3 is 5.32 Å². The van der Waals surface area contributed by atoms with Crippen molar-refractivity contribution in [3.8, 4) is 0 Å². The van der Waals surface area contributed by atoms with Gasteiger partial charge in [0.1, 0.15) is 6.54 Å². The van der Waals surface area contributed by atoms with Gasteiger partial charge in [-0.15, -0.1) is 6.58 Å². The van der Waals surface area contributed by atoms with Crippen LogP contribution in [0.4, 0.5) is 0 Å². The van der Waals surface area contributed by atoms with Crippen molar-refractivity contribution in [2.24, 2.45) is 0 Å². The second-order valence-corrected chi connectivity index (χ2v) is 3.61. The molecule has 15 heavy (non-hydrogen) atoms. The average molecular weight is 228 g/mol. The quantitative estimate of drug-likeness (QED) is 0.792. The number of hydrogen-bond donors (Lipinski definition) is 1. The SMILES string of the molecule is C=CCNC(=O)Cn1nc(C)c(Cl)c1C. The van der Waals surface area contributed by atoms with E-state index in [2.05, 4.69) is 17.0 Å². The van der Waals surface area contributed by atoms with E-state index in [9.17, 15) is 4.79 Å². The van der Waals surface area contributed by atoms with Gasteiger partial charge in [0.25, 0.3) is 0 Å². The van der Waals surface area contributed by atoms with E-state index in [0.29, 0.717) is 11.6 Å². The number of carbonyl (C=O) groups is 1. The Morgan fingerprint density at radius 2 is 2.33 bits per heavy atom. The second-order valence-electron chi connectivity index (χ2n) is 3.24. The van der Waals surface area contributed by atoms with Gasteiger partial charge >= 0.3 is 0 Å². The van der Waals surface area contributed by atoms with E-state index in [4.69, 9.17) is 11.6 Å². The highest BCUT2D eigenvalue weighted by Gasteiger charge is 2.11. The minimum Gasteiger partial charge on any atom is -0.351 e. The first kappa shape index (κ1) is 11.8. The molecule has 0 unspecified atom stereocenters. The van der Waals surface area contributed by atoms with Crippen LogP contribution in [0.3, 0.4) is 0 Å². The van der Waals surface area contributed by atoms with Gasteiger partial charge in [0.2, 0.25) is 5.91 Å². The first-order chi connectivity index (χ1) is 7.06. The fraction of sp³-hybridized carbons (Fsp3) is 0.400. The zero-order valence-corrected chi connectivity index (χ0v) is 9.64. The van der Waals surface area contributed by atoms with Crippen molar-refractivity contribution in [2.45, 2.75) is 20.4 Å². The highest BCUT2D eigenvalue weighted by molar-refractivity contribution is 6.31. The second kappa shape index (κ2) is 4.98. The molecule has 0 aliphatic rings. The average Bonchev–Trinajstić information content (AvgIpc) is 2.43. The maximum Gasteiger partial charge on any atom is 0.241 e. The number of aromatic nitrogens is 2. The van der Waals surface area contributed by atoms with Crippen molar-refractivity contribution in [1.29, 1.82) is 0 Å². The summed E-state index contributed by atoms with van der Waals surface area (Å²) in [5.74, 6) is -0.0998. The highest BCUT2D eigenvalue weighted by Crippen LogP contribution is 2.18. The topological polar surface area (TPSA) is 46.9 Å². The molecule has 5 heteroatoms. The van der Waals surface area contributed by atoms with E-state index in [1.807, 2.05) is 13.8 Å². The summed E-state index contributed by atoms with van der Waals surface area (Å²) in [5.41, 5.74) is 1.55. The third-order valence-electron chi connectivity index (χ3n) is 2.03. The number of carbonyl (C=O) groups excluding carboxylic acids is 1. The fourth-order valence-electron chi connectivity index (χ4n) is 1.21. The molecule has 0 aliphatic heterocycles. The Hall–Kier alpha value is -1.29. The van der Waals surface area contributed by atoms with Crippen LogP contribution in [0.5, 0.6) is 0 Å². The minimum atomic E-state index is -0.0998. The zero-order chi connectivity index (χ0) is 11.4. The van der Waals surface area contributed by atoms with E-state index in [1.165, 1.54) is 0 Å². The predicted octanol–water partition coefficient (Wildman–Crippen LogP) is 1.46. The normalized spacial score (nSPS) is 10.1. The molecule has 0 bridgehead atoms. The molecule has 0 radical (unpaired) electrons. The lowest BCUT2D eigenvalue weighted by molar-refractivity contribution is -0.121. The van der Waals surface area contributed by atoms with Gasteiger partial charge in [-0.05, 0) is 13.8 Å². The lowest BCUT2D eigenvalue weighted by Crippen LogP contribution is -2.28. The maximum atomic E-state index is 11.4. The van der Waals surface area contributed by atoms with Crippen molar-refractivity contribution in [3.05, 3.63) is 29.1 Å². The molecule has 1 aromatic heterocycles. The zero-order valence-electron chi connectivity index (χ0n) is 8.88. The summed E-state index contributed by atoms with van der Waals surface area (Å²) < 4.78 is 1.59. The molecule has 1 aromatic rings. The summed E-state index contributed by atoms with van der Waals surface area (Å²) in [6.07, 6.45) is 1.63. The standard InChI is InChI=1S/C10H14ClN3O/c1-4-5-12-9(15)6-14-8(3)10(11)7(2)13-14/h4H,1,5-6H2,2-3H3,(H,12,15). The molecule has 1 heterocycles. The van der Waals surface area contributed by atoms with E-state index in [-0.39, 0.29) is 12.5 Å². The summed E-state index contributed by atoms with van der Waals surface area (Å²) >= 11 is 5.95. The highest BCUT2D eigenvalue weighted by atomic mass is 35.5. The number of rotatable bonds is 4. The third kappa shape index (κ3) is 2.83. The minimum absolute atomic E-state index is 0.0998. The van der Waals surface area contributed by atoms with Gasteiger partial charge in [-0.25, -0.2) is 0 Å². The predicted molar refractivity (Wildman–Crippen MR) is 59.9 cm³/mol. The van der Waals surface area contributed by atoms with Crippen molar-refractivity contribution < 1.29 is 4.79 Å². The number of halogens is 1. The van der Waals surface area contributed by atoms with Gasteiger partial charge in [0.15, 0.2) is 0 Å². The molecule has 0 fully saturated rings. The molecule has 82 valence electrons. The van der Waals surface area contributed by atoms with Crippen molar-refractivity contribution in [1.82, 2.24) is 15.1 Å². The summed E-state index contributed by atoms with van der Waals surface area (Å²) in [4.78, 5) is 11.4. The third-order valence-corrected chi connectivity index (χ3v) is 2.58. The molecule has 4 nitrogen and oxygen atoms in total. The molecule has 0 spiro atoms. The molecule has 1 amide bonds. The molecular formula is C10H14ClN3O. The van der Waals surface area contributed by atoms with Crippen molar-refractivity contribution in [2.75, 3.05) is 6.54 Å². The van der Waals surface area contributed by atoms with Crippen LogP contribution in [0.15, 0.2) is 12.7 Å². The summed E-state index contributed by atoms with van der Waals surface area (Å²) in [6, 6.07) is 0. The Bertz CT molecular complexity index is 384. The van der Waals surface area contributed by atoms with Gasteiger partial charge in [0.05, 0.1) is 16.4 Å². The summed E-state index contributed by atoms with van der Waals surface area (Å²) in [7, 11) is 0. The number of amides is 1. The van der Waals surface area contributed by atoms with Crippen LogP contribution in [-0.4, -0.2) is 22.2 Å². The fourth-order valence-corrected chi connectivity index (χ4v) is 1.34. The molecule has 0 aliphatic carbocycles. The van der Waals surface area contributed by atoms with Crippen LogP contribution in [0.25, 0.3) is 0 Å². The molecule has 1 rings (SSSR count). The Morgan fingerprint density at radius 1 is 1.67 bits per heavy atom. The molecule has 0 atom stereocenters. The van der Waals surface area contributed by atoms with Gasteiger partial charge in [0, 0.05) is 6.54 Å². The van der Waals surface area contributed by atoms with E-state index in [1.54, 1.807) is 10.8 Å². The lowest BCUT2D eigenvalue weighted by Gasteiger charge is -2.04. The maximum absolute atomic E-state index is 11.4. The lowest BCUT2D eigenvalue weighted by atomic mass is 10.4. The number of nitrogens with zero attached hydrogens (tertiary/aromatic N) is 2. The summed E-state index contributed by atoms with van der Waals surface area (Å²) in [6.45, 7) is 7.82. The van der Waals surface area contributed by atoms with E-state index < -0.39 is 0 Å². The van der Waals surface area contributed by atoms with Crippen LogP contribution < -0.4 is 5.32 Å².